The molecule has 7 heteroatoms. The van der Waals surface area contributed by atoms with Gasteiger partial charge in [0.15, 0.2) is 5.96 Å². The van der Waals surface area contributed by atoms with Crippen molar-refractivity contribution in [3.05, 3.63) is 0 Å². The second-order valence-corrected chi connectivity index (χ2v) is 8.37. The largest absolute Gasteiger partial charge is 0.382 e. The molecule has 2 unspecified atom stereocenters. The van der Waals surface area contributed by atoms with E-state index in [1.807, 2.05) is 6.92 Å². The van der Waals surface area contributed by atoms with Crippen molar-refractivity contribution in [3.8, 4) is 0 Å². The third kappa shape index (κ3) is 9.42. The van der Waals surface area contributed by atoms with Gasteiger partial charge in [-0.1, -0.05) is 20.8 Å². The molecule has 2 atom stereocenters. The van der Waals surface area contributed by atoms with Gasteiger partial charge in [-0.25, -0.2) is 4.99 Å². The van der Waals surface area contributed by atoms with Gasteiger partial charge >= 0.3 is 0 Å². The topological polar surface area (TPSA) is 75.2 Å². The molecule has 1 fully saturated rings. The summed E-state index contributed by atoms with van der Waals surface area (Å²) in [6.45, 7) is 12.6. The molecule has 1 saturated heterocycles. The Hall–Kier alpha value is -1.34. The van der Waals surface area contributed by atoms with E-state index in [1.165, 1.54) is 0 Å². The number of hydrogen-bond donors (Lipinski definition) is 2. The molecule has 0 aliphatic carbocycles. The molecule has 0 aromatic carbocycles. The van der Waals surface area contributed by atoms with Crippen LogP contribution in [0, 0.1) is 11.3 Å². The van der Waals surface area contributed by atoms with E-state index in [0.717, 1.165) is 52.2 Å². The summed E-state index contributed by atoms with van der Waals surface area (Å²) in [5.74, 6) is 1.10. The summed E-state index contributed by atoms with van der Waals surface area (Å²) in [4.78, 5) is 17.9. The van der Waals surface area contributed by atoms with Gasteiger partial charge in [0, 0.05) is 52.9 Å². The van der Waals surface area contributed by atoms with E-state index >= 15 is 0 Å². The molecule has 1 rings (SSSR count). The maximum absolute atomic E-state index is 11.9. The monoisotopic (exact) mass is 384 g/mol. The van der Waals surface area contributed by atoms with Gasteiger partial charge in [0.2, 0.25) is 5.91 Å². The van der Waals surface area contributed by atoms with Crippen LogP contribution < -0.4 is 10.6 Å². The molecule has 0 spiro atoms. The molecule has 0 bridgehead atoms. The fraction of sp³-hybridized carbons (Fsp3) is 0.900. The normalized spacial score (nSPS) is 21.0. The van der Waals surface area contributed by atoms with Gasteiger partial charge in [-0.3, -0.25) is 4.79 Å². The Morgan fingerprint density at radius 1 is 1.30 bits per heavy atom. The highest BCUT2D eigenvalue weighted by atomic mass is 16.5. The quantitative estimate of drug-likeness (QED) is 0.361. The lowest BCUT2D eigenvalue weighted by molar-refractivity contribution is -0.127. The van der Waals surface area contributed by atoms with E-state index in [1.54, 1.807) is 19.0 Å². The number of guanidine groups is 1. The van der Waals surface area contributed by atoms with Crippen molar-refractivity contribution in [2.75, 3.05) is 53.6 Å². The predicted octanol–water partition coefficient (Wildman–Crippen LogP) is 1.88. The fourth-order valence-corrected chi connectivity index (χ4v) is 3.23. The first-order valence-corrected chi connectivity index (χ1v) is 10.2. The highest BCUT2D eigenvalue weighted by Gasteiger charge is 2.35. The number of nitrogens with one attached hydrogen (secondary N) is 2. The molecule has 0 saturated carbocycles. The number of ether oxygens (including phenoxy) is 2. The van der Waals surface area contributed by atoms with E-state index in [-0.39, 0.29) is 24.0 Å². The van der Waals surface area contributed by atoms with Crippen LogP contribution in [0.4, 0.5) is 0 Å². The minimum atomic E-state index is -0.0148. The average Bonchev–Trinajstić information content (AvgIpc) is 2.62. The van der Waals surface area contributed by atoms with E-state index in [0.29, 0.717) is 11.9 Å². The molecule has 7 nitrogen and oxygen atoms in total. The van der Waals surface area contributed by atoms with Gasteiger partial charge in [-0.2, -0.15) is 0 Å². The van der Waals surface area contributed by atoms with Gasteiger partial charge < -0.3 is 25.0 Å². The Morgan fingerprint density at radius 2 is 2.04 bits per heavy atom. The fourth-order valence-electron chi connectivity index (χ4n) is 3.23. The SMILES string of the molecule is CCOCCCNC(=NCC(=O)N(C)C)NCC1CCCOC1C(C)(C)C. The first-order chi connectivity index (χ1) is 12.8. The Kier molecular flexibility index (Phi) is 10.7. The minimum Gasteiger partial charge on any atom is -0.382 e. The molecule has 1 aliphatic rings. The van der Waals surface area contributed by atoms with Crippen LogP contribution in [0.1, 0.15) is 47.0 Å². The number of carbonyl (C=O) groups excluding carboxylic acids is 1. The third-order valence-electron chi connectivity index (χ3n) is 4.66. The van der Waals surface area contributed by atoms with E-state index in [2.05, 4.69) is 36.4 Å². The molecule has 0 aromatic rings. The first kappa shape index (κ1) is 23.7. The Morgan fingerprint density at radius 3 is 2.67 bits per heavy atom. The number of amides is 1. The Bertz CT molecular complexity index is 461. The molecular weight excluding hydrogens is 344 g/mol. The highest BCUT2D eigenvalue weighted by molar-refractivity contribution is 5.84. The molecule has 1 amide bonds. The van der Waals surface area contributed by atoms with Gasteiger partial charge in [0.1, 0.15) is 6.54 Å². The van der Waals surface area contributed by atoms with Gasteiger partial charge in [-0.05, 0) is 31.6 Å². The molecule has 0 radical (unpaired) electrons. The number of rotatable bonds is 9. The van der Waals surface area contributed by atoms with Crippen molar-refractivity contribution in [2.45, 2.75) is 53.1 Å². The summed E-state index contributed by atoms with van der Waals surface area (Å²) in [5, 5.41) is 6.74. The summed E-state index contributed by atoms with van der Waals surface area (Å²) in [5.41, 5.74) is 0.107. The lowest BCUT2D eigenvalue weighted by Crippen LogP contribution is -2.48. The van der Waals surface area contributed by atoms with Crippen LogP contribution in [0.5, 0.6) is 0 Å². The predicted molar refractivity (Wildman–Crippen MR) is 110 cm³/mol. The zero-order valence-electron chi connectivity index (χ0n) is 18.1. The maximum atomic E-state index is 11.9. The minimum absolute atomic E-state index is 0.0148. The number of likely N-dealkylation sites (N-methyl/N-ethyl adjacent to an activating group) is 1. The molecular formula is C20H40N4O3. The van der Waals surface area contributed by atoms with E-state index in [4.69, 9.17) is 9.47 Å². The summed E-state index contributed by atoms with van der Waals surface area (Å²) >= 11 is 0. The second-order valence-electron chi connectivity index (χ2n) is 8.37. The van der Waals surface area contributed by atoms with Crippen molar-refractivity contribution in [1.29, 1.82) is 0 Å². The van der Waals surface area contributed by atoms with Crippen LogP contribution in [0.3, 0.4) is 0 Å². The number of carbonyl (C=O) groups is 1. The smallest absolute Gasteiger partial charge is 0.243 e. The van der Waals surface area contributed by atoms with Crippen molar-refractivity contribution in [1.82, 2.24) is 15.5 Å². The van der Waals surface area contributed by atoms with Crippen molar-refractivity contribution >= 4 is 11.9 Å². The summed E-state index contributed by atoms with van der Waals surface area (Å²) < 4.78 is 11.4. The van der Waals surface area contributed by atoms with Gasteiger partial charge in [0.05, 0.1) is 6.10 Å². The van der Waals surface area contributed by atoms with Crippen molar-refractivity contribution in [3.63, 3.8) is 0 Å². The molecule has 1 aliphatic heterocycles. The molecule has 2 N–H and O–H groups in total. The van der Waals surface area contributed by atoms with Gasteiger partial charge in [0.25, 0.3) is 0 Å². The highest BCUT2D eigenvalue weighted by Crippen LogP contribution is 2.33. The van der Waals surface area contributed by atoms with E-state index < -0.39 is 0 Å². The molecule has 158 valence electrons. The van der Waals surface area contributed by atoms with Crippen LogP contribution in [0.2, 0.25) is 0 Å². The summed E-state index contributed by atoms with van der Waals surface area (Å²) in [6.07, 6.45) is 3.35. The standard InChI is InChI=1S/C20H40N4O3/c1-7-26-12-9-11-21-19(23-15-17(25)24(5)6)22-14-16-10-8-13-27-18(16)20(2,3)4/h16,18H,7-15H2,1-6H3,(H2,21,22,23). The zero-order valence-corrected chi connectivity index (χ0v) is 18.1. The lowest BCUT2D eigenvalue weighted by Gasteiger charge is -2.40. The number of hydrogen-bond acceptors (Lipinski definition) is 4. The Labute approximate surface area is 165 Å². The van der Waals surface area contributed by atoms with Crippen LogP contribution in [-0.4, -0.2) is 76.4 Å². The summed E-state index contributed by atoms with van der Waals surface area (Å²) in [6, 6.07) is 0. The zero-order chi connectivity index (χ0) is 20.3. The van der Waals surface area contributed by atoms with Crippen molar-refractivity contribution < 1.29 is 14.3 Å². The summed E-state index contributed by atoms with van der Waals surface area (Å²) in [7, 11) is 3.49. The number of nitrogens with zero attached hydrogens (tertiary/aromatic N) is 2. The molecule has 1 heterocycles. The third-order valence-corrected chi connectivity index (χ3v) is 4.66. The Balaban J connectivity index is 2.62. The van der Waals surface area contributed by atoms with Crippen LogP contribution in [-0.2, 0) is 14.3 Å². The molecule has 27 heavy (non-hydrogen) atoms. The maximum Gasteiger partial charge on any atom is 0.243 e. The van der Waals surface area contributed by atoms with Crippen LogP contribution in [0.15, 0.2) is 4.99 Å². The van der Waals surface area contributed by atoms with E-state index in [9.17, 15) is 4.79 Å². The average molecular weight is 385 g/mol. The number of aliphatic imine (C=N–C) groups is 1. The molecule has 0 aromatic heterocycles. The van der Waals surface area contributed by atoms with Crippen LogP contribution >= 0.6 is 0 Å². The van der Waals surface area contributed by atoms with Gasteiger partial charge in [-0.15, -0.1) is 0 Å². The van der Waals surface area contributed by atoms with Crippen LogP contribution in [0.25, 0.3) is 0 Å². The lowest BCUT2D eigenvalue weighted by atomic mass is 9.78. The second kappa shape index (κ2) is 12.2. The first-order valence-electron chi connectivity index (χ1n) is 10.2. The van der Waals surface area contributed by atoms with Crippen molar-refractivity contribution in [2.24, 2.45) is 16.3 Å².